The maximum atomic E-state index is 14.0. The summed E-state index contributed by atoms with van der Waals surface area (Å²) in [5.74, 6) is 0.881. The van der Waals surface area contributed by atoms with Gasteiger partial charge >= 0.3 is 0 Å². The number of rotatable bonds is 0. The number of hydrogen-bond donors (Lipinski definition) is 1. The van der Waals surface area contributed by atoms with Crippen LogP contribution in [0.3, 0.4) is 0 Å². The average molecular weight is 381 g/mol. The van der Waals surface area contributed by atoms with Gasteiger partial charge in [-0.15, -0.1) is 0 Å². The van der Waals surface area contributed by atoms with Crippen molar-refractivity contribution >= 4 is 17.4 Å². The van der Waals surface area contributed by atoms with Gasteiger partial charge < -0.3 is 15.0 Å². The molecule has 2 aliphatic heterocycles. The summed E-state index contributed by atoms with van der Waals surface area (Å²) in [5.41, 5.74) is 2.44. The molecule has 2 aromatic heterocycles. The Kier molecular flexibility index (Phi) is 3.92. The van der Waals surface area contributed by atoms with Crippen LogP contribution in [0, 0.1) is 12.7 Å². The normalized spacial score (nSPS) is 19.3. The van der Waals surface area contributed by atoms with Gasteiger partial charge in [0.1, 0.15) is 29.6 Å². The molecule has 2 aliphatic rings. The predicted octanol–water partition coefficient (Wildman–Crippen LogP) is 2.64. The quantitative estimate of drug-likeness (QED) is 0.648. The molecule has 1 aromatic carbocycles. The minimum absolute atomic E-state index is 0.0301. The molecule has 0 aliphatic carbocycles. The molecule has 3 aromatic rings. The lowest BCUT2D eigenvalue weighted by Gasteiger charge is -2.27. The number of halogens is 1. The zero-order valence-corrected chi connectivity index (χ0v) is 15.5. The summed E-state index contributed by atoms with van der Waals surface area (Å²) in [4.78, 5) is 19.6. The van der Waals surface area contributed by atoms with Crippen LogP contribution in [0.25, 0.3) is 5.65 Å². The van der Waals surface area contributed by atoms with Gasteiger partial charge in [0.25, 0.3) is 5.91 Å². The van der Waals surface area contributed by atoms with E-state index in [4.69, 9.17) is 9.72 Å². The first-order valence-corrected chi connectivity index (χ1v) is 9.45. The first kappa shape index (κ1) is 17.0. The first-order valence-electron chi connectivity index (χ1n) is 9.45. The first-order chi connectivity index (χ1) is 13.6. The summed E-state index contributed by atoms with van der Waals surface area (Å²) >= 11 is 0. The molecule has 4 heterocycles. The molecule has 2 bridgehead atoms. The molecule has 1 fully saturated rings. The number of carbonyl (C=O) groups excluding carboxylic acids is 1. The van der Waals surface area contributed by atoms with Gasteiger partial charge in [0.15, 0.2) is 5.65 Å². The second-order valence-corrected chi connectivity index (χ2v) is 7.15. The maximum Gasteiger partial charge on any atom is 0.257 e. The van der Waals surface area contributed by atoms with Crippen molar-refractivity contribution in [1.29, 1.82) is 0 Å². The van der Waals surface area contributed by atoms with E-state index in [-0.39, 0.29) is 17.8 Å². The van der Waals surface area contributed by atoms with Gasteiger partial charge in [-0.05, 0) is 44.0 Å². The van der Waals surface area contributed by atoms with Gasteiger partial charge in [0.2, 0.25) is 0 Å². The third kappa shape index (κ3) is 2.67. The van der Waals surface area contributed by atoms with Crippen molar-refractivity contribution in [2.24, 2.45) is 0 Å². The Hall–Kier alpha value is -3.16. The van der Waals surface area contributed by atoms with Crippen molar-refractivity contribution in [2.45, 2.75) is 25.8 Å². The Labute approximate surface area is 161 Å². The van der Waals surface area contributed by atoms with Crippen LogP contribution < -0.4 is 15.0 Å². The highest BCUT2D eigenvalue weighted by Gasteiger charge is 2.31. The molecular formula is C20H20FN5O2. The lowest BCUT2D eigenvalue weighted by molar-refractivity contribution is 0.0948. The highest BCUT2D eigenvalue weighted by Crippen LogP contribution is 2.40. The van der Waals surface area contributed by atoms with E-state index in [9.17, 15) is 9.18 Å². The van der Waals surface area contributed by atoms with Crippen LogP contribution in [0.15, 0.2) is 30.5 Å². The van der Waals surface area contributed by atoms with Crippen molar-refractivity contribution in [2.75, 3.05) is 24.6 Å². The van der Waals surface area contributed by atoms with Gasteiger partial charge in [0, 0.05) is 18.3 Å². The van der Waals surface area contributed by atoms with Gasteiger partial charge in [-0.2, -0.15) is 5.10 Å². The average Bonchev–Trinajstić information content (AvgIpc) is 3.28. The molecule has 0 spiro atoms. The maximum absolute atomic E-state index is 14.0. The van der Waals surface area contributed by atoms with E-state index < -0.39 is 0 Å². The van der Waals surface area contributed by atoms with E-state index in [0.717, 1.165) is 30.8 Å². The van der Waals surface area contributed by atoms with Crippen molar-refractivity contribution in [3.8, 4) is 5.75 Å². The second-order valence-electron chi connectivity index (χ2n) is 7.15. The smallest absolute Gasteiger partial charge is 0.257 e. The number of hydrogen-bond acceptors (Lipinski definition) is 5. The van der Waals surface area contributed by atoms with Crippen LogP contribution >= 0.6 is 0 Å². The summed E-state index contributed by atoms with van der Waals surface area (Å²) < 4.78 is 21.6. The minimum atomic E-state index is -0.288. The van der Waals surface area contributed by atoms with E-state index >= 15 is 0 Å². The largest absolute Gasteiger partial charge is 0.491 e. The Morgan fingerprint density at radius 1 is 1.32 bits per heavy atom. The number of fused-ring (bicyclic) bond motifs is 5. The molecular weight excluding hydrogens is 361 g/mol. The standard InChI is InChI=1S/C20H20FN5O2/c1-12-18-19-23-17(6-9-26(19)24-12)25-8-2-3-15(25)14-11-13(21)4-5-16(14)28-10-7-22-20(18)27/h4-6,9,11,15H,2-3,7-8,10H2,1H3,(H,22,27)/t15-/m1/s1. The number of anilines is 1. The number of aromatic nitrogens is 3. The third-order valence-electron chi connectivity index (χ3n) is 5.40. The Morgan fingerprint density at radius 2 is 2.21 bits per heavy atom. The van der Waals surface area contributed by atoms with E-state index in [1.807, 2.05) is 12.3 Å². The van der Waals surface area contributed by atoms with Gasteiger partial charge in [0.05, 0.1) is 18.3 Å². The van der Waals surface area contributed by atoms with E-state index in [1.54, 1.807) is 23.6 Å². The molecule has 0 saturated carbocycles. The third-order valence-corrected chi connectivity index (χ3v) is 5.40. The molecule has 1 N–H and O–H groups in total. The summed E-state index contributed by atoms with van der Waals surface area (Å²) in [6.45, 7) is 3.24. The SMILES string of the molecule is Cc1nn2ccc3nc2c1C(=O)NCCOc1ccc(F)cc1[C@H]1CCCN31. The zero-order valence-electron chi connectivity index (χ0n) is 15.5. The lowest BCUT2D eigenvalue weighted by Crippen LogP contribution is -2.28. The topological polar surface area (TPSA) is 71.8 Å². The lowest BCUT2D eigenvalue weighted by atomic mass is 10.0. The number of nitrogens with one attached hydrogen (secondary N) is 1. The number of aryl methyl sites for hydroxylation is 1. The van der Waals surface area contributed by atoms with Gasteiger partial charge in [-0.25, -0.2) is 13.9 Å². The zero-order chi connectivity index (χ0) is 19.3. The monoisotopic (exact) mass is 381 g/mol. The number of nitrogens with zero attached hydrogens (tertiary/aromatic N) is 4. The molecule has 1 amide bonds. The fourth-order valence-corrected chi connectivity index (χ4v) is 4.14. The van der Waals surface area contributed by atoms with Crippen LogP contribution in [-0.2, 0) is 0 Å². The second kappa shape index (κ2) is 6.47. The highest BCUT2D eigenvalue weighted by atomic mass is 19.1. The molecule has 5 rings (SSSR count). The van der Waals surface area contributed by atoms with Crippen molar-refractivity contribution in [3.63, 3.8) is 0 Å². The molecule has 1 saturated heterocycles. The molecule has 8 heteroatoms. The fourth-order valence-electron chi connectivity index (χ4n) is 4.14. The van der Waals surface area contributed by atoms with E-state index in [2.05, 4.69) is 15.3 Å². The minimum Gasteiger partial charge on any atom is -0.491 e. The summed E-state index contributed by atoms with van der Waals surface area (Å²) in [6.07, 6.45) is 3.67. The fraction of sp³-hybridized carbons (Fsp3) is 0.350. The summed E-state index contributed by atoms with van der Waals surface area (Å²) in [7, 11) is 0. The number of benzene rings is 1. The summed E-state index contributed by atoms with van der Waals surface area (Å²) in [5, 5.41) is 7.27. The van der Waals surface area contributed by atoms with Gasteiger partial charge in [-0.1, -0.05) is 0 Å². The highest BCUT2D eigenvalue weighted by molar-refractivity contribution is 6.01. The molecule has 28 heavy (non-hydrogen) atoms. The molecule has 144 valence electrons. The van der Waals surface area contributed by atoms with Crippen molar-refractivity contribution in [3.05, 3.63) is 53.1 Å². The molecule has 1 atom stereocenters. The van der Waals surface area contributed by atoms with Crippen LogP contribution in [-0.4, -0.2) is 40.2 Å². The van der Waals surface area contributed by atoms with E-state index in [1.165, 1.54) is 6.07 Å². The summed E-state index contributed by atoms with van der Waals surface area (Å²) in [6, 6.07) is 6.47. The Bertz CT molecular complexity index is 1080. The predicted molar refractivity (Wildman–Crippen MR) is 101 cm³/mol. The molecule has 0 radical (unpaired) electrons. The van der Waals surface area contributed by atoms with E-state index in [0.29, 0.717) is 35.8 Å². The Balaban J connectivity index is 1.69. The van der Waals surface area contributed by atoms with Crippen molar-refractivity contribution < 1.29 is 13.9 Å². The number of ether oxygens (including phenoxy) is 1. The van der Waals surface area contributed by atoms with Crippen molar-refractivity contribution in [1.82, 2.24) is 19.9 Å². The Morgan fingerprint density at radius 3 is 3.11 bits per heavy atom. The number of amides is 1. The van der Waals surface area contributed by atoms with Crippen LogP contribution in [0.2, 0.25) is 0 Å². The van der Waals surface area contributed by atoms with Crippen LogP contribution in [0.4, 0.5) is 10.2 Å². The molecule has 0 unspecified atom stereocenters. The molecule has 7 nitrogen and oxygen atoms in total. The number of carbonyl (C=O) groups is 1. The van der Waals surface area contributed by atoms with Crippen LogP contribution in [0.1, 0.15) is 40.5 Å². The van der Waals surface area contributed by atoms with Gasteiger partial charge in [-0.3, -0.25) is 4.79 Å². The van der Waals surface area contributed by atoms with Crippen LogP contribution in [0.5, 0.6) is 5.75 Å².